The lowest BCUT2D eigenvalue weighted by Crippen LogP contribution is -2.52. The Morgan fingerprint density at radius 1 is 0.971 bits per heavy atom. The maximum absolute atomic E-state index is 6.08. The normalized spacial score (nSPS) is 39.5. The molecule has 1 radical (unpaired) electrons. The van der Waals surface area contributed by atoms with E-state index in [2.05, 4.69) is 71.4 Å². The molecule has 0 N–H and O–H groups in total. The van der Waals surface area contributed by atoms with Crippen molar-refractivity contribution in [2.24, 2.45) is 46.3 Å². The summed E-state index contributed by atoms with van der Waals surface area (Å²) < 4.78 is 0. The molecule has 5 rings (SSSR count). The smallest absolute Gasteiger partial charge is 0.0233 e. The van der Waals surface area contributed by atoms with Gasteiger partial charge in [0, 0.05) is 10.8 Å². The topological polar surface area (TPSA) is 0 Å². The minimum Gasteiger partial charge on any atom is -0.0769 e. The summed E-state index contributed by atoms with van der Waals surface area (Å²) in [6.07, 6.45) is 19.2. The number of benzene rings is 1. The molecule has 35 heavy (non-hydrogen) atoms. The molecule has 0 aliphatic heterocycles. The molecule has 0 aromatic heterocycles. The van der Waals surface area contributed by atoms with E-state index in [0.717, 1.165) is 40.4 Å². The van der Waals surface area contributed by atoms with Gasteiger partial charge in [0.15, 0.2) is 0 Å². The van der Waals surface area contributed by atoms with Crippen molar-refractivity contribution < 1.29 is 0 Å². The van der Waals surface area contributed by atoms with Gasteiger partial charge in [0.05, 0.1) is 0 Å². The van der Waals surface area contributed by atoms with Gasteiger partial charge in [-0.2, -0.15) is 0 Å². The molecule has 0 nitrogen and oxygen atoms in total. The molecule has 0 amide bonds. The van der Waals surface area contributed by atoms with Crippen molar-refractivity contribution in [3.8, 4) is 0 Å². The minimum atomic E-state index is 0.421. The number of halogens is 1. The van der Waals surface area contributed by atoms with Gasteiger partial charge in [-0.25, -0.2) is 0 Å². The zero-order valence-corrected chi connectivity index (χ0v) is 24.4. The fourth-order valence-electron chi connectivity index (χ4n) is 9.59. The fraction of sp³-hybridized carbons (Fsp3) is 0.727. The highest BCUT2D eigenvalue weighted by Crippen LogP contribution is 2.69. The lowest BCUT2D eigenvalue weighted by Gasteiger charge is -2.60. The molecule has 2 heteroatoms. The highest BCUT2D eigenvalue weighted by atomic mass is 35.7. The quantitative estimate of drug-likeness (QED) is 0.328. The third-order valence-corrected chi connectivity index (χ3v) is 12.5. The van der Waals surface area contributed by atoms with Crippen LogP contribution in [0.3, 0.4) is 0 Å². The Morgan fingerprint density at radius 2 is 1.74 bits per heavy atom. The summed E-state index contributed by atoms with van der Waals surface area (Å²) in [6.45, 7) is 12.7. The zero-order chi connectivity index (χ0) is 24.8. The van der Waals surface area contributed by atoms with Crippen LogP contribution in [0.25, 0.3) is 0 Å². The molecular weight excluding hydrogens is 464 g/mol. The van der Waals surface area contributed by atoms with Gasteiger partial charge in [-0.15, -0.1) is 0 Å². The fourth-order valence-corrected chi connectivity index (χ4v) is 10.1. The molecule has 0 saturated heterocycles. The first-order chi connectivity index (χ1) is 16.8. The second-order valence-corrected chi connectivity index (χ2v) is 14.7. The number of fused-ring (bicyclic) bond motifs is 5. The molecule has 1 aromatic carbocycles. The Balaban J connectivity index is 1.47. The molecule has 0 bridgehead atoms. The van der Waals surface area contributed by atoms with Crippen LogP contribution < -0.4 is 0 Å². The Labute approximate surface area is 225 Å². The Morgan fingerprint density at radius 3 is 2.46 bits per heavy atom. The number of hydrogen-bond donors (Lipinski definition) is 0. The van der Waals surface area contributed by atoms with Crippen molar-refractivity contribution in [1.29, 1.82) is 0 Å². The first-order valence-electron chi connectivity index (χ1n) is 14.7. The molecule has 0 spiro atoms. The summed E-state index contributed by atoms with van der Waals surface area (Å²) in [6, 6.07) is 9.28. The standard InChI is InChI=1S/C33H48ClS/c1-22(2)9-8-10-23(3)28-16-17-29-31-27(24-12-14-26(35-34)15-13-24)21-25-11-6-7-19-32(25,4)30(31)18-20-33(28,29)5/h6,12-15,21-23,27-31H,7-11,16-20H2,1-5H3/t23-,27?,28-,29+,30+,31+,32+,33-/m1/s1. The largest absolute Gasteiger partial charge is 0.0769 e. The maximum Gasteiger partial charge on any atom is 0.0233 e. The Hall–Kier alpha value is -0.400. The van der Waals surface area contributed by atoms with Gasteiger partial charge in [0.2, 0.25) is 0 Å². The first kappa shape index (κ1) is 26.2. The van der Waals surface area contributed by atoms with E-state index in [1.807, 2.05) is 0 Å². The number of allylic oxidation sites excluding steroid dienone is 2. The zero-order valence-electron chi connectivity index (χ0n) is 22.9. The molecule has 1 aromatic rings. The molecule has 4 aliphatic carbocycles. The Bertz CT molecular complexity index is 902. The van der Waals surface area contributed by atoms with Crippen LogP contribution >= 0.6 is 21.7 Å². The first-order valence-corrected chi connectivity index (χ1v) is 16.3. The number of hydrogen-bond acceptors (Lipinski definition) is 1. The van der Waals surface area contributed by atoms with Crippen molar-refractivity contribution in [3.05, 3.63) is 47.9 Å². The van der Waals surface area contributed by atoms with E-state index in [0.29, 0.717) is 16.7 Å². The van der Waals surface area contributed by atoms with Crippen LogP contribution in [-0.2, 0) is 0 Å². The van der Waals surface area contributed by atoms with E-state index in [1.165, 1.54) is 80.7 Å². The van der Waals surface area contributed by atoms with Crippen LogP contribution in [0.1, 0.15) is 110 Å². The van der Waals surface area contributed by atoms with Crippen molar-refractivity contribution >= 4 is 21.7 Å². The molecule has 1 unspecified atom stereocenters. The van der Waals surface area contributed by atoms with Gasteiger partial charge in [0.1, 0.15) is 0 Å². The molecule has 193 valence electrons. The second kappa shape index (κ2) is 10.4. The SMILES string of the molecule is CC(C)CCC[C@@H](C)[C@H]1CC[C@H]2[C@@H]3C(c4ccc(SCl)cc4)C=C4C[CH]CC[C@]4(C)[C@H]3CC[C@]12C. The maximum atomic E-state index is 6.08. The van der Waals surface area contributed by atoms with Crippen molar-refractivity contribution in [2.75, 3.05) is 0 Å². The summed E-state index contributed by atoms with van der Waals surface area (Å²) in [7, 11) is 7.42. The predicted molar refractivity (Wildman–Crippen MR) is 154 cm³/mol. The molecule has 4 aliphatic rings. The van der Waals surface area contributed by atoms with Gasteiger partial charge in [-0.05, 0) is 137 Å². The average molecular weight is 512 g/mol. The lowest BCUT2D eigenvalue weighted by atomic mass is 9.44. The van der Waals surface area contributed by atoms with Gasteiger partial charge in [-0.3, -0.25) is 0 Å². The third-order valence-electron chi connectivity index (χ3n) is 11.5. The highest BCUT2D eigenvalue weighted by molar-refractivity contribution is 8.21. The third kappa shape index (κ3) is 4.69. The van der Waals surface area contributed by atoms with Crippen LogP contribution in [0.5, 0.6) is 0 Å². The molecule has 8 atom stereocenters. The van der Waals surface area contributed by atoms with E-state index in [9.17, 15) is 0 Å². The molecular formula is C33H48ClS. The van der Waals surface area contributed by atoms with E-state index in [-0.39, 0.29) is 0 Å². The monoisotopic (exact) mass is 511 g/mol. The van der Waals surface area contributed by atoms with Crippen LogP contribution in [0.15, 0.2) is 40.8 Å². The minimum absolute atomic E-state index is 0.421. The average Bonchev–Trinajstić information content (AvgIpc) is 3.20. The lowest BCUT2D eigenvalue weighted by molar-refractivity contribution is -0.0558. The van der Waals surface area contributed by atoms with E-state index in [1.54, 1.807) is 5.57 Å². The van der Waals surface area contributed by atoms with Gasteiger partial charge >= 0.3 is 0 Å². The van der Waals surface area contributed by atoms with Gasteiger partial charge in [-0.1, -0.05) is 77.7 Å². The Kier molecular flexibility index (Phi) is 7.79. The van der Waals surface area contributed by atoms with Crippen molar-refractivity contribution in [3.63, 3.8) is 0 Å². The summed E-state index contributed by atoms with van der Waals surface area (Å²) >= 11 is 0. The van der Waals surface area contributed by atoms with E-state index < -0.39 is 0 Å². The second-order valence-electron chi connectivity index (χ2n) is 13.6. The molecule has 3 fully saturated rings. The molecule has 0 heterocycles. The van der Waals surface area contributed by atoms with Gasteiger partial charge < -0.3 is 0 Å². The highest BCUT2D eigenvalue weighted by Gasteiger charge is 2.60. The number of rotatable bonds is 7. The predicted octanol–water partition coefficient (Wildman–Crippen LogP) is 10.9. The van der Waals surface area contributed by atoms with Crippen molar-refractivity contribution in [2.45, 2.75) is 110 Å². The van der Waals surface area contributed by atoms with E-state index in [4.69, 9.17) is 10.7 Å². The summed E-state index contributed by atoms with van der Waals surface area (Å²) in [5.41, 5.74) is 4.23. The summed E-state index contributed by atoms with van der Waals surface area (Å²) in [4.78, 5) is 1.16. The van der Waals surface area contributed by atoms with Crippen LogP contribution in [0.2, 0.25) is 0 Å². The van der Waals surface area contributed by atoms with Crippen LogP contribution in [0, 0.1) is 52.8 Å². The van der Waals surface area contributed by atoms with Gasteiger partial charge in [0.25, 0.3) is 0 Å². The van der Waals surface area contributed by atoms with Crippen molar-refractivity contribution in [1.82, 2.24) is 0 Å². The molecule has 3 saturated carbocycles. The van der Waals surface area contributed by atoms with Crippen LogP contribution in [-0.4, -0.2) is 0 Å². The summed E-state index contributed by atoms with van der Waals surface area (Å²) in [5.74, 6) is 5.70. The summed E-state index contributed by atoms with van der Waals surface area (Å²) in [5, 5.41) is 0. The van der Waals surface area contributed by atoms with Crippen LogP contribution in [0.4, 0.5) is 0 Å². The van der Waals surface area contributed by atoms with E-state index >= 15 is 0 Å².